The lowest BCUT2D eigenvalue weighted by Gasteiger charge is -2.10. The van der Waals surface area contributed by atoms with Gasteiger partial charge in [-0.2, -0.15) is 17.0 Å². The molecule has 0 heterocycles. The smallest absolute Gasteiger partial charge is 0.162 e. The Morgan fingerprint density at radius 2 is 2.19 bits per heavy atom. The van der Waals surface area contributed by atoms with Crippen LogP contribution in [0.25, 0.3) is 0 Å². The van der Waals surface area contributed by atoms with E-state index in [2.05, 4.69) is 13.0 Å². The molecule has 1 aromatic rings. The Morgan fingerprint density at radius 1 is 1.38 bits per heavy atom. The lowest BCUT2D eigenvalue weighted by Crippen LogP contribution is -2.02. The fraction of sp³-hybridized carbons (Fsp3) is 0.417. The zero-order chi connectivity index (χ0) is 11.8. The maximum atomic E-state index is 8.74. The van der Waals surface area contributed by atoms with Crippen molar-refractivity contribution in [2.24, 2.45) is 0 Å². The molecule has 0 N–H and O–H groups in total. The molecule has 0 radical (unpaired) electrons. The van der Waals surface area contributed by atoms with E-state index in [-0.39, 0.29) is 0 Å². The molecule has 86 valence electrons. The summed E-state index contributed by atoms with van der Waals surface area (Å²) < 4.78 is 10.7. The number of methoxy groups -OCH3 is 1. The topological polar surface area (TPSA) is 42.2 Å². The van der Waals surface area contributed by atoms with Gasteiger partial charge in [-0.15, -0.1) is 0 Å². The molecule has 0 bridgehead atoms. The van der Waals surface area contributed by atoms with E-state index in [4.69, 9.17) is 14.7 Å². The van der Waals surface area contributed by atoms with Gasteiger partial charge in [-0.1, -0.05) is 6.92 Å². The van der Waals surface area contributed by atoms with Crippen molar-refractivity contribution < 1.29 is 9.47 Å². The van der Waals surface area contributed by atoms with Crippen molar-refractivity contribution in [2.75, 3.05) is 25.2 Å². The van der Waals surface area contributed by atoms with Crippen LogP contribution < -0.4 is 9.47 Å². The summed E-state index contributed by atoms with van der Waals surface area (Å²) in [6, 6.07) is 7.25. The lowest BCUT2D eigenvalue weighted by atomic mass is 10.2. The maximum Gasteiger partial charge on any atom is 0.162 e. The van der Waals surface area contributed by atoms with Crippen molar-refractivity contribution in [3.63, 3.8) is 0 Å². The number of rotatable bonds is 6. The molecule has 0 saturated carbocycles. The fourth-order valence-electron chi connectivity index (χ4n) is 1.21. The van der Waals surface area contributed by atoms with Crippen molar-refractivity contribution >= 4 is 11.8 Å². The second-order valence-corrected chi connectivity index (χ2v) is 4.42. The first-order chi connectivity index (χ1) is 7.81. The van der Waals surface area contributed by atoms with Gasteiger partial charge in [0.05, 0.1) is 25.3 Å². The van der Waals surface area contributed by atoms with Gasteiger partial charge in [-0.25, -0.2) is 0 Å². The van der Waals surface area contributed by atoms with E-state index in [1.165, 1.54) is 0 Å². The average Bonchev–Trinajstić information content (AvgIpc) is 2.34. The summed E-state index contributed by atoms with van der Waals surface area (Å²) in [5, 5.41) is 8.74. The molecule has 0 saturated heterocycles. The molecule has 0 amide bonds. The van der Waals surface area contributed by atoms with Crippen LogP contribution in [-0.4, -0.2) is 25.2 Å². The number of hydrogen-bond donors (Lipinski definition) is 0. The Kier molecular flexibility index (Phi) is 5.58. The molecule has 4 heteroatoms. The third kappa shape index (κ3) is 3.67. The average molecular weight is 237 g/mol. The van der Waals surface area contributed by atoms with Gasteiger partial charge in [-0.05, 0) is 17.9 Å². The summed E-state index contributed by atoms with van der Waals surface area (Å²) in [5.41, 5.74) is 0.576. The van der Waals surface area contributed by atoms with Crippen molar-refractivity contribution in [2.45, 2.75) is 6.92 Å². The van der Waals surface area contributed by atoms with Crippen LogP contribution in [-0.2, 0) is 0 Å². The molecule has 16 heavy (non-hydrogen) atoms. The number of nitrogens with zero attached hydrogens (tertiary/aromatic N) is 1. The summed E-state index contributed by atoms with van der Waals surface area (Å²) >= 11 is 1.83. The summed E-state index contributed by atoms with van der Waals surface area (Å²) in [7, 11) is 1.57. The number of ether oxygens (including phenoxy) is 2. The second kappa shape index (κ2) is 7.02. The molecule has 1 aromatic carbocycles. The highest BCUT2D eigenvalue weighted by atomic mass is 32.2. The normalized spacial score (nSPS) is 9.56. The first kappa shape index (κ1) is 12.7. The first-order valence-electron chi connectivity index (χ1n) is 5.10. The third-order valence-electron chi connectivity index (χ3n) is 1.98. The van der Waals surface area contributed by atoms with Crippen LogP contribution in [0, 0.1) is 11.3 Å². The van der Waals surface area contributed by atoms with Crippen molar-refractivity contribution in [1.29, 1.82) is 5.26 Å². The molecule has 0 aromatic heterocycles. The van der Waals surface area contributed by atoms with E-state index in [1.807, 2.05) is 11.8 Å². The molecule has 0 aliphatic carbocycles. The van der Waals surface area contributed by atoms with E-state index in [9.17, 15) is 0 Å². The zero-order valence-electron chi connectivity index (χ0n) is 9.53. The van der Waals surface area contributed by atoms with Crippen molar-refractivity contribution in [3.05, 3.63) is 23.8 Å². The Morgan fingerprint density at radius 3 is 2.81 bits per heavy atom. The van der Waals surface area contributed by atoms with Gasteiger partial charge in [0.1, 0.15) is 0 Å². The fourth-order valence-corrected chi connectivity index (χ4v) is 1.70. The van der Waals surface area contributed by atoms with Crippen LogP contribution in [0.15, 0.2) is 18.2 Å². The van der Waals surface area contributed by atoms with Gasteiger partial charge in [0.25, 0.3) is 0 Å². The molecule has 0 spiro atoms. The van der Waals surface area contributed by atoms with Crippen LogP contribution in [0.1, 0.15) is 12.5 Å². The zero-order valence-corrected chi connectivity index (χ0v) is 10.3. The maximum absolute atomic E-state index is 8.74. The predicted octanol–water partition coefficient (Wildman–Crippen LogP) is 2.70. The SMILES string of the molecule is CCSCCOc1ccc(C#N)cc1OC. The molecule has 1 rings (SSSR count). The standard InChI is InChI=1S/C12H15NO2S/c1-3-16-7-6-15-11-5-4-10(9-13)8-12(11)14-2/h4-5,8H,3,6-7H2,1-2H3. The highest BCUT2D eigenvalue weighted by Crippen LogP contribution is 2.27. The highest BCUT2D eigenvalue weighted by Gasteiger charge is 2.05. The van der Waals surface area contributed by atoms with Gasteiger partial charge in [0.2, 0.25) is 0 Å². The van der Waals surface area contributed by atoms with Crippen LogP contribution >= 0.6 is 11.8 Å². The van der Waals surface area contributed by atoms with Gasteiger partial charge in [-0.3, -0.25) is 0 Å². The minimum Gasteiger partial charge on any atom is -0.493 e. The summed E-state index contributed by atoms with van der Waals surface area (Å²) in [6.45, 7) is 2.77. The molecule has 0 aliphatic rings. The molecule has 0 fully saturated rings. The minimum atomic E-state index is 0.576. The number of benzene rings is 1. The number of hydrogen-bond acceptors (Lipinski definition) is 4. The van der Waals surface area contributed by atoms with Gasteiger partial charge in [0.15, 0.2) is 11.5 Å². The van der Waals surface area contributed by atoms with Crippen LogP contribution in [0.2, 0.25) is 0 Å². The third-order valence-corrected chi connectivity index (χ3v) is 2.85. The number of nitriles is 1. The van der Waals surface area contributed by atoms with E-state index >= 15 is 0 Å². The molecule has 0 aliphatic heterocycles. The molecule has 0 atom stereocenters. The van der Waals surface area contributed by atoms with Crippen molar-refractivity contribution in [1.82, 2.24) is 0 Å². The number of thioether (sulfide) groups is 1. The van der Waals surface area contributed by atoms with Gasteiger partial charge >= 0.3 is 0 Å². The Labute approximate surface area is 100 Å². The van der Waals surface area contributed by atoms with Crippen LogP contribution in [0.4, 0.5) is 0 Å². The van der Waals surface area contributed by atoms with Crippen molar-refractivity contribution in [3.8, 4) is 17.6 Å². The summed E-state index contributed by atoms with van der Waals surface area (Å²) in [4.78, 5) is 0. The predicted molar refractivity (Wildman–Crippen MR) is 66.2 cm³/mol. The summed E-state index contributed by atoms with van der Waals surface area (Å²) in [5.74, 6) is 3.35. The minimum absolute atomic E-state index is 0.576. The largest absolute Gasteiger partial charge is 0.493 e. The van der Waals surface area contributed by atoms with E-state index < -0.39 is 0 Å². The van der Waals surface area contributed by atoms with Gasteiger partial charge in [0, 0.05) is 11.8 Å². The first-order valence-corrected chi connectivity index (χ1v) is 6.26. The Balaban J connectivity index is 2.62. The lowest BCUT2D eigenvalue weighted by molar-refractivity contribution is 0.313. The van der Waals surface area contributed by atoms with Gasteiger partial charge < -0.3 is 9.47 Å². The monoisotopic (exact) mass is 237 g/mol. The van der Waals surface area contributed by atoms with E-state index in [0.717, 1.165) is 11.5 Å². The molecular weight excluding hydrogens is 222 g/mol. The van der Waals surface area contributed by atoms with Crippen LogP contribution in [0.3, 0.4) is 0 Å². The Hall–Kier alpha value is -1.34. The molecular formula is C12H15NO2S. The van der Waals surface area contributed by atoms with E-state index in [1.54, 1.807) is 25.3 Å². The second-order valence-electron chi connectivity index (χ2n) is 3.02. The quantitative estimate of drug-likeness (QED) is 0.713. The Bertz CT molecular complexity index is 374. The van der Waals surface area contributed by atoms with Crippen LogP contribution in [0.5, 0.6) is 11.5 Å². The summed E-state index contributed by atoms with van der Waals surface area (Å²) in [6.07, 6.45) is 0. The highest BCUT2D eigenvalue weighted by molar-refractivity contribution is 7.99. The molecule has 3 nitrogen and oxygen atoms in total. The molecule has 0 unspecified atom stereocenters. The van der Waals surface area contributed by atoms with E-state index in [0.29, 0.717) is 23.7 Å².